The predicted octanol–water partition coefficient (Wildman–Crippen LogP) is 1.70. The number of amides is 1. The quantitative estimate of drug-likeness (QED) is 0.850. The predicted molar refractivity (Wildman–Crippen MR) is 65.5 cm³/mol. The molecule has 2 N–H and O–H groups in total. The Labute approximate surface area is 105 Å². The van der Waals surface area contributed by atoms with E-state index in [1.807, 2.05) is 0 Å². The first-order chi connectivity index (χ1) is 8.50. The van der Waals surface area contributed by atoms with Gasteiger partial charge in [0.05, 0.1) is 0 Å². The van der Waals surface area contributed by atoms with Gasteiger partial charge in [-0.2, -0.15) is 0 Å². The molecular weight excluding hydrogens is 232 g/mol. The van der Waals surface area contributed by atoms with Crippen molar-refractivity contribution in [3.8, 4) is 0 Å². The SMILES string of the molecule is CC1(CNC(=O)c2ccnc(C(=O)O)c2)CCC1. The third-order valence-corrected chi connectivity index (χ3v) is 3.48. The van der Waals surface area contributed by atoms with Crippen molar-refractivity contribution < 1.29 is 14.7 Å². The standard InChI is InChI=1S/C13H16N2O3/c1-13(4-2-5-13)8-15-11(16)9-3-6-14-10(7-9)12(17)18/h3,6-7H,2,4-5,8H2,1H3,(H,15,16)(H,17,18). The third-order valence-electron chi connectivity index (χ3n) is 3.48. The van der Waals surface area contributed by atoms with Crippen molar-refractivity contribution in [1.82, 2.24) is 10.3 Å². The molecule has 5 nitrogen and oxygen atoms in total. The third kappa shape index (κ3) is 2.67. The molecule has 1 aliphatic rings. The molecule has 0 aromatic carbocycles. The van der Waals surface area contributed by atoms with Crippen LogP contribution < -0.4 is 5.32 Å². The minimum absolute atomic E-state index is 0.113. The second-order valence-electron chi connectivity index (χ2n) is 5.08. The Balaban J connectivity index is 2.00. The molecule has 96 valence electrons. The second kappa shape index (κ2) is 4.76. The molecule has 0 saturated heterocycles. The first kappa shape index (κ1) is 12.5. The number of rotatable bonds is 4. The summed E-state index contributed by atoms with van der Waals surface area (Å²) in [4.78, 5) is 26.3. The van der Waals surface area contributed by atoms with Crippen molar-refractivity contribution in [3.05, 3.63) is 29.6 Å². The molecule has 1 amide bonds. The second-order valence-corrected chi connectivity index (χ2v) is 5.08. The molecule has 1 saturated carbocycles. The van der Waals surface area contributed by atoms with E-state index in [0.717, 1.165) is 12.8 Å². The summed E-state index contributed by atoms with van der Waals surface area (Å²) in [5.74, 6) is -1.37. The fourth-order valence-corrected chi connectivity index (χ4v) is 2.04. The number of hydrogen-bond acceptors (Lipinski definition) is 3. The summed E-state index contributed by atoms with van der Waals surface area (Å²) >= 11 is 0. The van der Waals surface area contributed by atoms with Gasteiger partial charge in [0.2, 0.25) is 0 Å². The van der Waals surface area contributed by atoms with Gasteiger partial charge in [-0.05, 0) is 30.4 Å². The Morgan fingerprint density at radius 2 is 2.22 bits per heavy atom. The van der Waals surface area contributed by atoms with Crippen molar-refractivity contribution in [2.24, 2.45) is 5.41 Å². The minimum Gasteiger partial charge on any atom is -0.477 e. The topological polar surface area (TPSA) is 79.3 Å². The number of hydrogen-bond donors (Lipinski definition) is 2. The smallest absolute Gasteiger partial charge is 0.354 e. The largest absolute Gasteiger partial charge is 0.477 e. The van der Waals surface area contributed by atoms with Gasteiger partial charge in [-0.25, -0.2) is 9.78 Å². The highest BCUT2D eigenvalue weighted by molar-refractivity contribution is 5.96. The number of nitrogens with one attached hydrogen (secondary N) is 1. The molecule has 1 heterocycles. The number of carboxylic acid groups (broad SMARTS) is 1. The van der Waals surface area contributed by atoms with Gasteiger partial charge >= 0.3 is 5.97 Å². The Kier molecular flexibility index (Phi) is 3.32. The molecule has 0 radical (unpaired) electrons. The molecule has 1 aromatic heterocycles. The van der Waals surface area contributed by atoms with Gasteiger partial charge in [0.1, 0.15) is 5.69 Å². The Bertz CT molecular complexity index is 481. The maximum atomic E-state index is 11.9. The maximum Gasteiger partial charge on any atom is 0.354 e. The highest BCUT2D eigenvalue weighted by atomic mass is 16.4. The number of carboxylic acids is 1. The van der Waals surface area contributed by atoms with Crippen LogP contribution in [0.1, 0.15) is 47.0 Å². The Morgan fingerprint density at radius 1 is 1.50 bits per heavy atom. The lowest BCUT2D eigenvalue weighted by Crippen LogP contribution is -2.40. The van der Waals surface area contributed by atoms with Crippen LogP contribution in [0.4, 0.5) is 0 Å². The molecular formula is C13H16N2O3. The zero-order chi connectivity index (χ0) is 13.2. The van der Waals surface area contributed by atoms with Crippen LogP contribution in [0.25, 0.3) is 0 Å². The first-order valence-electron chi connectivity index (χ1n) is 5.98. The van der Waals surface area contributed by atoms with Gasteiger partial charge in [0.15, 0.2) is 0 Å². The van der Waals surface area contributed by atoms with Crippen molar-refractivity contribution in [2.75, 3.05) is 6.54 Å². The lowest BCUT2D eigenvalue weighted by molar-refractivity contribution is 0.0690. The molecule has 0 unspecified atom stereocenters. The highest BCUT2D eigenvalue weighted by Gasteiger charge is 2.31. The summed E-state index contributed by atoms with van der Waals surface area (Å²) in [6, 6.07) is 2.81. The van der Waals surface area contributed by atoms with Crippen molar-refractivity contribution in [1.29, 1.82) is 0 Å². The fraction of sp³-hybridized carbons (Fsp3) is 0.462. The molecule has 0 spiro atoms. The van der Waals surface area contributed by atoms with Crippen LogP contribution in [-0.2, 0) is 0 Å². The average Bonchev–Trinajstić information content (AvgIpc) is 2.33. The van der Waals surface area contributed by atoms with Gasteiger partial charge in [0, 0.05) is 18.3 Å². The molecule has 1 fully saturated rings. The van der Waals surface area contributed by atoms with E-state index in [1.165, 1.54) is 24.8 Å². The van der Waals surface area contributed by atoms with Crippen LogP contribution >= 0.6 is 0 Å². The number of pyridine rings is 1. The summed E-state index contributed by atoms with van der Waals surface area (Å²) in [5, 5.41) is 11.7. The zero-order valence-corrected chi connectivity index (χ0v) is 10.3. The van der Waals surface area contributed by atoms with Crippen LogP contribution in [0.5, 0.6) is 0 Å². The van der Waals surface area contributed by atoms with Crippen molar-refractivity contribution >= 4 is 11.9 Å². The highest BCUT2D eigenvalue weighted by Crippen LogP contribution is 2.39. The average molecular weight is 248 g/mol. The molecule has 5 heteroatoms. The molecule has 18 heavy (non-hydrogen) atoms. The van der Waals surface area contributed by atoms with Crippen LogP contribution in [0.2, 0.25) is 0 Å². The summed E-state index contributed by atoms with van der Waals surface area (Å²) < 4.78 is 0. The minimum atomic E-state index is -1.13. The fourth-order valence-electron chi connectivity index (χ4n) is 2.04. The van der Waals surface area contributed by atoms with E-state index < -0.39 is 5.97 Å². The van der Waals surface area contributed by atoms with Crippen LogP contribution in [-0.4, -0.2) is 28.5 Å². The number of nitrogens with zero attached hydrogens (tertiary/aromatic N) is 1. The van der Waals surface area contributed by atoms with Crippen LogP contribution in [0.3, 0.4) is 0 Å². The van der Waals surface area contributed by atoms with E-state index in [0.29, 0.717) is 12.1 Å². The van der Waals surface area contributed by atoms with E-state index in [-0.39, 0.29) is 17.0 Å². The lowest BCUT2D eigenvalue weighted by atomic mass is 9.70. The van der Waals surface area contributed by atoms with E-state index in [1.54, 1.807) is 0 Å². The number of carbonyl (C=O) groups excluding carboxylic acids is 1. The number of carbonyl (C=O) groups is 2. The molecule has 1 aliphatic carbocycles. The van der Waals surface area contributed by atoms with Crippen molar-refractivity contribution in [2.45, 2.75) is 26.2 Å². The normalized spacial score (nSPS) is 16.7. The van der Waals surface area contributed by atoms with Gasteiger partial charge in [-0.3, -0.25) is 4.79 Å². The zero-order valence-electron chi connectivity index (χ0n) is 10.3. The molecule has 0 aliphatic heterocycles. The lowest BCUT2D eigenvalue weighted by Gasteiger charge is -2.38. The monoisotopic (exact) mass is 248 g/mol. The molecule has 0 bridgehead atoms. The summed E-state index contributed by atoms with van der Waals surface area (Å²) in [6.45, 7) is 2.78. The maximum absolute atomic E-state index is 11.9. The number of aromatic nitrogens is 1. The van der Waals surface area contributed by atoms with Crippen LogP contribution in [0.15, 0.2) is 18.3 Å². The Hall–Kier alpha value is -1.91. The van der Waals surface area contributed by atoms with E-state index in [2.05, 4.69) is 17.2 Å². The summed E-state index contributed by atoms with van der Waals surface area (Å²) in [6.07, 6.45) is 4.81. The molecule has 2 rings (SSSR count). The Morgan fingerprint density at radius 3 is 2.78 bits per heavy atom. The van der Waals surface area contributed by atoms with E-state index in [4.69, 9.17) is 5.11 Å². The first-order valence-corrected chi connectivity index (χ1v) is 5.98. The summed E-state index contributed by atoms with van der Waals surface area (Å²) in [5.41, 5.74) is 0.432. The van der Waals surface area contributed by atoms with E-state index in [9.17, 15) is 9.59 Å². The van der Waals surface area contributed by atoms with Crippen molar-refractivity contribution in [3.63, 3.8) is 0 Å². The van der Waals surface area contributed by atoms with Gasteiger partial charge in [0.25, 0.3) is 5.91 Å². The van der Waals surface area contributed by atoms with Crippen LogP contribution in [0, 0.1) is 5.41 Å². The molecule has 0 atom stereocenters. The number of aromatic carboxylic acids is 1. The molecule has 1 aromatic rings. The van der Waals surface area contributed by atoms with Gasteiger partial charge in [-0.15, -0.1) is 0 Å². The van der Waals surface area contributed by atoms with Gasteiger partial charge < -0.3 is 10.4 Å². The van der Waals surface area contributed by atoms with Gasteiger partial charge in [-0.1, -0.05) is 13.3 Å². The van der Waals surface area contributed by atoms with E-state index >= 15 is 0 Å². The summed E-state index contributed by atoms with van der Waals surface area (Å²) in [7, 11) is 0.